The van der Waals surface area contributed by atoms with Crippen LogP contribution in [-0.4, -0.2) is 49.9 Å². The summed E-state index contributed by atoms with van der Waals surface area (Å²) in [5.74, 6) is -0.0329. The molecule has 3 heterocycles. The van der Waals surface area contributed by atoms with Gasteiger partial charge in [-0.15, -0.1) is 0 Å². The van der Waals surface area contributed by atoms with Crippen LogP contribution in [0.25, 0.3) is 0 Å². The molecule has 1 fully saturated rings. The lowest BCUT2D eigenvalue weighted by molar-refractivity contribution is 0.0764. The normalized spacial score (nSPS) is 18.9. The van der Waals surface area contributed by atoms with E-state index < -0.39 is 6.10 Å². The van der Waals surface area contributed by atoms with Crippen molar-refractivity contribution in [3.05, 3.63) is 82.9 Å². The summed E-state index contributed by atoms with van der Waals surface area (Å²) in [6.07, 6.45) is 1.90. The van der Waals surface area contributed by atoms with Gasteiger partial charge >= 0.3 is 0 Å². The highest BCUT2D eigenvalue weighted by atomic mass is 16.3. The first kappa shape index (κ1) is 19.3. The van der Waals surface area contributed by atoms with E-state index in [9.17, 15) is 9.90 Å². The zero-order valence-corrected chi connectivity index (χ0v) is 16.8. The number of hydrogen-bond acceptors (Lipinski definition) is 4. The van der Waals surface area contributed by atoms with Crippen LogP contribution in [0.2, 0.25) is 0 Å². The number of aromatic nitrogens is 3. The standard InChI is InChI=1S/C23H26N4O2/c1-16-10-17(2)27(25-16)13-18-6-5-7-19(11-18)23(29)26-14-20(22(28)15-26)12-21-8-3-4-9-24-21/h3-11,20,22,28H,12-15H2,1-2H3/t20-,22-/m1/s1. The molecule has 1 saturated heterocycles. The lowest BCUT2D eigenvalue weighted by Crippen LogP contribution is -2.29. The quantitative estimate of drug-likeness (QED) is 0.727. The van der Waals surface area contributed by atoms with Crippen molar-refractivity contribution in [2.45, 2.75) is 32.9 Å². The smallest absolute Gasteiger partial charge is 0.253 e. The Kier molecular flexibility index (Phi) is 5.45. The van der Waals surface area contributed by atoms with Gasteiger partial charge in [0.2, 0.25) is 0 Å². The van der Waals surface area contributed by atoms with E-state index >= 15 is 0 Å². The summed E-state index contributed by atoms with van der Waals surface area (Å²) in [6, 6.07) is 15.5. The number of hydrogen-bond donors (Lipinski definition) is 1. The van der Waals surface area contributed by atoms with E-state index in [2.05, 4.69) is 10.1 Å². The zero-order valence-electron chi connectivity index (χ0n) is 16.8. The van der Waals surface area contributed by atoms with Gasteiger partial charge in [-0.05, 0) is 56.2 Å². The Hall–Kier alpha value is -2.99. The van der Waals surface area contributed by atoms with Gasteiger partial charge in [-0.2, -0.15) is 5.10 Å². The Balaban J connectivity index is 1.45. The molecule has 150 valence electrons. The molecule has 4 rings (SSSR count). The van der Waals surface area contributed by atoms with Crippen molar-refractivity contribution in [1.29, 1.82) is 0 Å². The largest absolute Gasteiger partial charge is 0.391 e. The van der Waals surface area contributed by atoms with Crippen LogP contribution < -0.4 is 0 Å². The van der Waals surface area contributed by atoms with E-state index in [4.69, 9.17) is 0 Å². The van der Waals surface area contributed by atoms with Crippen LogP contribution in [0, 0.1) is 19.8 Å². The molecule has 1 N–H and O–H groups in total. The predicted molar refractivity (Wildman–Crippen MR) is 111 cm³/mol. The molecule has 0 spiro atoms. The Morgan fingerprint density at radius 3 is 2.72 bits per heavy atom. The minimum Gasteiger partial charge on any atom is -0.391 e. The Morgan fingerprint density at radius 2 is 2.00 bits per heavy atom. The molecule has 1 amide bonds. The van der Waals surface area contributed by atoms with Crippen molar-refractivity contribution in [3.8, 4) is 0 Å². The van der Waals surface area contributed by atoms with Crippen LogP contribution in [0.3, 0.4) is 0 Å². The van der Waals surface area contributed by atoms with Crippen molar-refractivity contribution in [2.75, 3.05) is 13.1 Å². The number of carbonyl (C=O) groups excluding carboxylic acids is 1. The third kappa shape index (κ3) is 4.38. The van der Waals surface area contributed by atoms with Crippen molar-refractivity contribution in [3.63, 3.8) is 0 Å². The summed E-state index contributed by atoms with van der Waals surface area (Å²) in [6.45, 7) is 5.54. The molecule has 0 radical (unpaired) electrons. The number of aliphatic hydroxyl groups excluding tert-OH is 1. The second-order valence-electron chi connectivity index (χ2n) is 7.85. The predicted octanol–water partition coefficient (Wildman–Crippen LogP) is 2.62. The van der Waals surface area contributed by atoms with Crippen LogP contribution in [-0.2, 0) is 13.0 Å². The molecule has 1 aliphatic rings. The SMILES string of the molecule is Cc1cc(C)n(Cc2cccc(C(=O)N3C[C@@H](Cc4ccccn4)[C@H](O)C3)c2)n1. The van der Waals surface area contributed by atoms with Crippen LogP contribution in [0.5, 0.6) is 0 Å². The maximum absolute atomic E-state index is 13.0. The highest BCUT2D eigenvalue weighted by Gasteiger charge is 2.34. The summed E-state index contributed by atoms with van der Waals surface area (Å²) in [5.41, 5.74) is 4.71. The molecule has 0 aliphatic carbocycles. The molecule has 29 heavy (non-hydrogen) atoms. The lowest BCUT2D eigenvalue weighted by atomic mass is 10.00. The number of rotatable bonds is 5. The summed E-state index contributed by atoms with van der Waals surface area (Å²) < 4.78 is 1.95. The van der Waals surface area contributed by atoms with Crippen LogP contribution in [0.15, 0.2) is 54.7 Å². The first-order valence-corrected chi connectivity index (χ1v) is 9.97. The molecular weight excluding hydrogens is 364 g/mol. The molecule has 2 atom stereocenters. The third-order valence-corrected chi connectivity index (χ3v) is 5.50. The van der Waals surface area contributed by atoms with Crippen molar-refractivity contribution in [1.82, 2.24) is 19.7 Å². The Bertz CT molecular complexity index is 999. The number of aliphatic hydroxyl groups is 1. The number of nitrogens with zero attached hydrogens (tertiary/aromatic N) is 4. The third-order valence-electron chi connectivity index (χ3n) is 5.50. The van der Waals surface area contributed by atoms with Crippen LogP contribution >= 0.6 is 0 Å². The minimum atomic E-state index is -0.529. The fourth-order valence-corrected chi connectivity index (χ4v) is 4.00. The first-order chi connectivity index (χ1) is 14.0. The maximum Gasteiger partial charge on any atom is 0.253 e. The molecule has 1 aliphatic heterocycles. The van der Waals surface area contributed by atoms with Gasteiger partial charge in [0, 0.05) is 42.2 Å². The molecule has 6 heteroatoms. The molecular formula is C23H26N4O2. The van der Waals surface area contributed by atoms with Crippen molar-refractivity contribution >= 4 is 5.91 Å². The van der Waals surface area contributed by atoms with E-state index in [0.717, 1.165) is 22.6 Å². The fraction of sp³-hybridized carbons (Fsp3) is 0.348. The Morgan fingerprint density at radius 1 is 1.14 bits per heavy atom. The van der Waals surface area contributed by atoms with E-state index in [1.807, 2.05) is 67.1 Å². The number of benzene rings is 1. The molecule has 0 bridgehead atoms. The van der Waals surface area contributed by atoms with E-state index in [1.54, 1.807) is 11.1 Å². The Labute approximate surface area is 170 Å². The van der Waals surface area contributed by atoms with Crippen LogP contribution in [0.1, 0.15) is 33.0 Å². The molecule has 6 nitrogen and oxygen atoms in total. The fourth-order valence-electron chi connectivity index (χ4n) is 4.00. The summed E-state index contributed by atoms with van der Waals surface area (Å²) in [5, 5.41) is 15.0. The first-order valence-electron chi connectivity index (χ1n) is 9.97. The van der Waals surface area contributed by atoms with Gasteiger partial charge in [0.1, 0.15) is 0 Å². The van der Waals surface area contributed by atoms with Gasteiger partial charge < -0.3 is 10.0 Å². The highest BCUT2D eigenvalue weighted by Crippen LogP contribution is 2.23. The topological polar surface area (TPSA) is 71.2 Å². The maximum atomic E-state index is 13.0. The number of likely N-dealkylation sites (tertiary alicyclic amines) is 1. The van der Waals surface area contributed by atoms with Crippen molar-refractivity contribution < 1.29 is 9.90 Å². The second kappa shape index (κ2) is 8.17. The van der Waals surface area contributed by atoms with Gasteiger partial charge in [0.25, 0.3) is 5.91 Å². The average Bonchev–Trinajstić information content (AvgIpc) is 3.23. The highest BCUT2D eigenvalue weighted by molar-refractivity contribution is 5.94. The van der Waals surface area contributed by atoms with E-state index in [1.165, 1.54) is 0 Å². The zero-order chi connectivity index (χ0) is 20.4. The van der Waals surface area contributed by atoms with Gasteiger partial charge in [-0.25, -0.2) is 0 Å². The van der Waals surface area contributed by atoms with Gasteiger partial charge in [-0.1, -0.05) is 18.2 Å². The monoisotopic (exact) mass is 390 g/mol. The van der Waals surface area contributed by atoms with Crippen molar-refractivity contribution in [2.24, 2.45) is 5.92 Å². The molecule has 0 unspecified atom stereocenters. The van der Waals surface area contributed by atoms with Gasteiger partial charge in [0.15, 0.2) is 0 Å². The summed E-state index contributed by atoms with van der Waals surface area (Å²) in [4.78, 5) is 19.1. The number of aryl methyl sites for hydroxylation is 2. The summed E-state index contributed by atoms with van der Waals surface area (Å²) in [7, 11) is 0. The second-order valence-corrected chi connectivity index (χ2v) is 7.85. The van der Waals surface area contributed by atoms with Gasteiger partial charge in [0.05, 0.1) is 18.3 Å². The number of pyridine rings is 1. The lowest BCUT2D eigenvalue weighted by Gasteiger charge is -2.17. The number of β-amino-alcohol motifs (C(OH)–C–C–N with tert-alkyl or cyclic N) is 1. The van der Waals surface area contributed by atoms with E-state index in [0.29, 0.717) is 31.6 Å². The summed E-state index contributed by atoms with van der Waals surface area (Å²) >= 11 is 0. The average molecular weight is 390 g/mol. The minimum absolute atomic E-state index is 0.00623. The van der Waals surface area contributed by atoms with Crippen LogP contribution in [0.4, 0.5) is 0 Å². The van der Waals surface area contributed by atoms with E-state index in [-0.39, 0.29) is 11.8 Å². The number of amides is 1. The molecule has 2 aromatic heterocycles. The molecule has 0 saturated carbocycles. The number of carbonyl (C=O) groups is 1. The van der Waals surface area contributed by atoms with Gasteiger partial charge in [-0.3, -0.25) is 14.5 Å². The molecule has 1 aromatic carbocycles. The molecule has 3 aromatic rings.